The number of epoxide rings is 1. The number of fused-ring (bicyclic) bond motifs is 1. The highest BCUT2D eigenvalue weighted by Gasteiger charge is 2.52. The molecule has 0 radical (unpaired) electrons. The van der Waals surface area contributed by atoms with Crippen LogP contribution in [0.5, 0.6) is 0 Å². The topological polar surface area (TPSA) is 138 Å². The predicted octanol–water partition coefficient (Wildman–Crippen LogP) is 5.78. The number of azide groups is 1. The van der Waals surface area contributed by atoms with Crippen LogP contribution in [0.2, 0.25) is 0 Å². The van der Waals surface area contributed by atoms with Gasteiger partial charge in [0.05, 0.1) is 35.1 Å². The number of cyclic esters (lactones) is 1. The Labute approximate surface area is 222 Å². The van der Waals surface area contributed by atoms with Crippen LogP contribution in [0.4, 0.5) is 0 Å². The maximum atomic E-state index is 13.2. The predicted molar refractivity (Wildman–Crippen MR) is 143 cm³/mol. The molecule has 3 heterocycles. The molecular weight excluding hydrogens is 492 g/mol. The van der Waals surface area contributed by atoms with Crippen LogP contribution in [0.3, 0.4) is 0 Å². The number of nitrogens with zero attached hydrogens (tertiary/aromatic N) is 4. The average Bonchev–Trinajstić information content (AvgIpc) is 3.26. The smallest absolute Gasteiger partial charge is 0.331 e. The van der Waals surface area contributed by atoms with E-state index in [-0.39, 0.29) is 30.0 Å². The minimum absolute atomic E-state index is 0.0304. The first-order valence-electron chi connectivity index (χ1n) is 12.8. The Morgan fingerprint density at radius 2 is 2.08 bits per heavy atom. The molecule has 3 rings (SSSR count). The first-order chi connectivity index (χ1) is 17.4. The van der Waals surface area contributed by atoms with Gasteiger partial charge < -0.3 is 14.6 Å². The summed E-state index contributed by atoms with van der Waals surface area (Å²) in [7, 11) is 0. The first kappa shape index (κ1) is 29.0. The number of Topliss-reactive ketones (excluding diaryl/α,β-unsaturated/α-hetero) is 1. The van der Waals surface area contributed by atoms with E-state index in [1.165, 1.54) is 17.4 Å². The van der Waals surface area contributed by atoms with E-state index in [0.29, 0.717) is 17.1 Å². The molecule has 1 fully saturated rings. The molecule has 10 heteroatoms. The lowest BCUT2D eigenvalue weighted by molar-refractivity contribution is -0.141. The molecule has 0 bridgehead atoms. The number of aliphatic hydroxyl groups is 1. The minimum Gasteiger partial charge on any atom is -0.455 e. The number of hydrogen-bond acceptors (Lipinski definition) is 8. The lowest BCUT2D eigenvalue weighted by atomic mass is 9.76. The number of allylic oxidation sites excluding steroid dienone is 1. The summed E-state index contributed by atoms with van der Waals surface area (Å²) in [4.78, 5) is 33.2. The molecular formula is C27H38N4O5S. The van der Waals surface area contributed by atoms with Gasteiger partial charge in [-0.1, -0.05) is 31.5 Å². The van der Waals surface area contributed by atoms with E-state index >= 15 is 0 Å². The van der Waals surface area contributed by atoms with Crippen LogP contribution in [0.15, 0.2) is 28.2 Å². The van der Waals surface area contributed by atoms with Crippen molar-refractivity contribution in [2.24, 2.45) is 22.4 Å². The molecule has 37 heavy (non-hydrogen) atoms. The van der Waals surface area contributed by atoms with Crippen LogP contribution >= 0.6 is 11.3 Å². The second kappa shape index (κ2) is 11.9. The van der Waals surface area contributed by atoms with Gasteiger partial charge in [-0.05, 0) is 63.6 Å². The van der Waals surface area contributed by atoms with Crippen molar-refractivity contribution >= 4 is 29.2 Å². The largest absolute Gasteiger partial charge is 0.455 e. The van der Waals surface area contributed by atoms with E-state index in [2.05, 4.69) is 21.9 Å². The Morgan fingerprint density at radius 3 is 2.78 bits per heavy atom. The van der Waals surface area contributed by atoms with Gasteiger partial charge in [0.1, 0.15) is 11.9 Å². The van der Waals surface area contributed by atoms with Crippen LogP contribution in [-0.4, -0.2) is 45.8 Å². The summed E-state index contributed by atoms with van der Waals surface area (Å²) >= 11 is 1.40. The Bertz CT molecular complexity index is 1110. The summed E-state index contributed by atoms with van der Waals surface area (Å²) in [5.41, 5.74) is 8.81. The fourth-order valence-electron chi connectivity index (χ4n) is 4.93. The van der Waals surface area contributed by atoms with Gasteiger partial charge in [0.15, 0.2) is 0 Å². The van der Waals surface area contributed by atoms with Gasteiger partial charge in [0.25, 0.3) is 0 Å². The minimum atomic E-state index is -0.933. The molecule has 0 amide bonds. The van der Waals surface area contributed by atoms with E-state index < -0.39 is 29.5 Å². The number of ether oxygens (including phenoxy) is 2. The molecule has 2 aliphatic rings. The van der Waals surface area contributed by atoms with Gasteiger partial charge in [0.2, 0.25) is 0 Å². The maximum Gasteiger partial charge on any atom is 0.331 e. The summed E-state index contributed by atoms with van der Waals surface area (Å²) in [5, 5.41) is 16.9. The van der Waals surface area contributed by atoms with Crippen LogP contribution in [0.25, 0.3) is 16.5 Å². The quantitative estimate of drug-likeness (QED) is 0.172. The van der Waals surface area contributed by atoms with E-state index in [9.17, 15) is 14.7 Å². The zero-order valence-electron chi connectivity index (χ0n) is 22.5. The normalized spacial score (nSPS) is 34.1. The highest BCUT2D eigenvalue weighted by molar-refractivity contribution is 7.09. The van der Waals surface area contributed by atoms with Crippen LogP contribution in [-0.2, 0) is 25.6 Å². The summed E-state index contributed by atoms with van der Waals surface area (Å²) in [6, 6.07) is 0. The van der Waals surface area contributed by atoms with E-state index in [1.807, 2.05) is 25.3 Å². The molecule has 2 aliphatic heterocycles. The van der Waals surface area contributed by atoms with Crippen molar-refractivity contribution in [2.45, 2.75) is 97.7 Å². The number of aliphatic hydroxyl groups excluding tert-OH is 1. The second-order valence-electron chi connectivity index (χ2n) is 11.1. The van der Waals surface area contributed by atoms with Crippen LogP contribution in [0.1, 0.15) is 77.9 Å². The van der Waals surface area contributed by atoms with Crippen LogP contribution < -0.4 is 0 Å². The highest BCUT2D eigenvalue weighted by atomic mass is 32.1. The third-order valence-corrected chi connectivity index (χ3v) is 8.41. The fraction of sp³-hybridized carbons (Fsp3) is 0.667. The molecule has 1 saturated heterocycles. The zero-order chi connectivity index (χ0) is 27.4. The zero-order valence-corrected chi connectivity index (χ0v) is 23.3. The first-order valence-corrected chi connectivity index (χ1v) is 13.7. The van der Waals surface area contributed by atoms with Gasteiger partial charge in [-0.25, -0.2) is 9.78 Å². The monoisotopic (exact) mass is 530 g/mol. The van der Waals surface area contributed by atoms with Gasteiger partial charge in [-0.2, -0.15) is 0 Å². The number of thiazole rings is 1. The van der Waals surface area contributed by atoms with Gasteiger partial charge in [-0.15, -0.1) is 11.3 Å². The number of aromatic nitrogens is 1. The summed E-state index contributed by atoms with van der Waals surface area (Å²) < 4.78 is 11.9. The molecule has 0 saturated carbocycles. The summed E-state index contributed by atoms with van der Waals surface area (Å²) in [5.74, 6) is -1.25. The Balaban J connectivity index is 1.85. The Kier molecular flexibility index (Phi) is 9.34. The molecule has 202 valence electrons. The molecule has 9 nitrogen and oxygen atoms in total. The number of carbonyl (C=O) groups is 2. The number of carbonyl (C=O) groups excluding carboxylic acids is 2. The number of ketones is 1. The van der Waals surface area contributed by atoms with Crippen LogP contribution in [0, 0.1) is 17.3 Å². The fourth-order valence-corrected chi connectivity index (χ4v) is 5.60. The second-order valence-corrected chi connectivity index (χ2v) is 12.0. The number of rotatable bonds is 4. The van der Waals surface area contributed by atoms with Crippen molar-refractivity contribution in [2.75, 3.05) is 0 Å². The molecule has 6 atom stereocenters. The SMILES string of the molecule is C/C(=C\c1csc(CN=[N+]=[N-])n1)[C@@H]1CC2O[C@]2(C)CCC[C@H](C)[C@H](O)[C@@H](C)C(=O)C(C)(C)/C=C/C(=O)O1. The molecule has 1 aromatic heterocycles. The molecule has 0 aliphatic carbocycles. The van der Waals surface area contributed by atoms with E-state index in [1.54, 1.807) is 26.8 Å². The van der Waals surface area contributed by atoms with Crippen molar-refractivity contribution < 1.29 is 24.2 Å². The number of esters is 1. The Morgan fingerprint density at radius 1 is 1.35 bits per heavy atom. The van der Waals surface area contributed by atoms with Crippen molar-refractivity contribution in [3.05, 3.63) is 44.2 Å². The van der Waals surface area contributed by atoms with Gasteiger partial charge >= 0.3 is 5.97 Å². The molecule has 1 unspecified atom stereocenters. The average molecular weight is 531 g/mol. The van der Waals surface area contributed by atoms with E-state index in [0.717, 1.165) is 24.8 Å². The maximum absolute atomic E-state index is 13.2. The lowest BCUT2D eigenvalue weighted by Crippen LogP contribution is -2.38. The van der Waals surface area contributed by atoms with Crippen molar-refractivity contribution in [1.29, 1.82) is 0 Å². The van der Waals surface area contributed by atoms with Crippen molar-refractivity contribution in [1.82, 2.24) is 4.98 Å². The van der Waals surface area contributed by atoms with E-state index in [4.69, 9.17) is 15.0 Å². The van der Waals surface area contributed by atoms with Gasteiger partial charge in [0, 0.05) is 34.1 Å². The molecule has 0 aromatic carbocycles. The third-order valence-electron chi connectivity index (χ3n) is 7.56. The highest BCUT2D eigenvalue weighted by Crippen LogP contribution is 2.45. The molecule has 1 N–H and O–H groups in total. The molecule has 1 aromatic rings. The standard InChI is InChI=1S/C27H38N4O5S/c1-16-8-7-10-27(6)21(36-27)13-20(17(2)12-19-15-37-22(30-19)14-29-31-28)35-23(32)9-11-26(4,5)25(34)18(3)24(16)33/h9,11-12,15-16,18,20-21,24,33H,7-8,10,13-14H2,1-6H3/b11-9+,17-12+/t16-,18+,20-,21?,24-,27+/m0/s1. The lowest BCUT2D eigenvalue weighted by Gasteiger charge is -2.30. The molecule has 0 spiro atoms. The third kappa shape index (κ3) is 7.51. The van der Waals surface area contributed by atoms with Crippen molar-refractivity contribution in [3.8, 4) is 0 Å². The summed E-state index contributed by atoms with van der Waals surface area (Å²) in [6.45, 7) is 11.4. The Hall–Kier alpha value is -2.52. The number of hydrogen-bond donors (Lipinski definition) is 1. The van der Waals surface area contributed by atoms with Crippen molar-refractivity contribution in [3.63, 3.8) is 0 Å². The van der Waals surface area contributed by atoms with Gasteiger partial charge in [-0.3, -0.25) is 4.79 Å². The summed E-state index contributed by atoms with van der Waals surface area (Å²) in [6.07, 6.45) is 6.38.